The number of anilines is 1. The fourth-order valence-corrected chi connectivity index (χ4v) is 6.63. The van der Waals surface area contributed by atoms with E-state index in [9.17, 15) is 18.0 Å². The average molecular weight is 558 g/mol. The first-order valence-corrected chi connectivity index (χ1v) is 13.4. The van der Waals surface area contributed by atoms with Crippen LogP contribution in [0.1, 0.15) is 43.2 Å². The number of nitrogens with zero attached hydrogens (tertiary/aromatic N) is 1. The molecule has 39 heavy (non-hydrogen) atoms. The summed E-state index contributed by atoms with van der Waals surface area (Å²) in [4.78, 5) is 25.4. The van der Waals surface area contributed by atoms with Gasteiger partial charge in [0.25, 0.3) is 6.47 Å². The van der Waals surface area contributed by atoms with Crippen LogP contribution < -0.4 is 5.73 Å². The summed E-state index contributed by atoms with van der Waals surface area (Å²) in [6, 6.07) is 15.2. The van der Waals surface area contributed by atoms with E-state index in [1.54, 1.807) is 24.3 Å². The Hall–Kier alpha value is -3.50. The van der Waals surface area contributed by atoms with Crippen LogP contribution in [0, 0.1) is 11.3 Å². The second-order valence-electron chi connectivity index (χ2n) is 10.0. The topological polar surface area (TPSA) is 107 Å². The van der Waals surface area contributed by atoms with E-state index in [0.29, 0.717) is 46.1 Å². The van der Waals surface area contributed by atoms with E-state index in [0.717, 1.165) is 35.4 Å². The number of ketones is 1. The van der Waals surface area contributed by atoms with Crippen molar-refractivity contribution in [2.45, 2.75) is 50.4 Å². The van der Waals surface area contributed by atoms with Gasteiger partial charge in [0.2, 0.25) is 0 Å². The minimum Gasteiger partial charge on any atom is -0.483 e. The second kappa shape index (κ2) is 11.7. The molecular weight excluding hydrogens is 527 g/mol. The van der Waals surface area contributed by atoms with Crippen molar-refractivity contribution in [2.24, 2.45) is 5.92 Å². The smallest absolute Gasteiger partial charge is 0.416 e. The minimum absolute atomic E-state index is 0.0738. The van der Waals surface area contributed by atoms with Gasteiger partial charge in [0.1, 0.15) is 5.71 Å². The number of halogens is 3. The summed E-state index contributed by atoms with van der Waals surface area (Å²) in [5.74, 6) is 0.104. The first-order chi connectivity index (χ1) is 18.5. The van der Waals surface area contributed by atoms with Crippen LogP contribution in [0.3, 0.4) is 0 Å². The van der Waals surface area contributed by atoms with Gasteiger partial charge >= 0.3 is 6.18 Å². The molecule has 4 N–H and O–H groups in total. The maximum atomic E-state index is 13.1. The number of benzene rings is 2. The second-order valence-corrected chi connectivity index (χ2v) is 11.1. The molecule has 3 aromatic rings. The van der Waals surface area contributed by atoms with E-state index in [1.807, 2.05) is 12.1 Å². The SMILES string of the molecule is CN1C2CCC1CC(CC(=O)C(=N)c1cc(-c3ccc(-c4cccc(C(F)(F)F)c4)s3)ccc1N)C2.O=CO. The number of rotatable bonds is 6. The number of nitrogens with two attached hydrogens (primary N) is 1. The Balaban J connectivity index is 0.00000112. The van der Waals surface area contributed by atoms with Crippen LogP contribution in [0.2, 0.25) is 0 Å². The summed E-state index contributed by atoms with van der Waals surface area (Å²) in [5.41, 5.74) is 7.45. The van der Waals surface area contributed by atoms with Gasteiger partial charge in [0, 0.05) is 39.5 Å². The van der Waals surface area contributed by atoms with Gasteiger partial charge in [-0.15, -0.1) is 11.3 Å². The van der Waals surface area contributed by atoms with E-state index in [-0.39, 0.29) is 18.0 Å². The highest BCUT2D eigenvalue weighted by Crippen LogP contribution is 2.40. The predicted molar refractivity (Wildman–Crippen MR) is 147 cm³/mol. The average Bonchev–Trinajstić information content (AvgIpc) is 3.45. The third-order valence-electron chi connectivity index (χ3n) is 7.64. The van der Waals surface area contributed by atoms with Gasteiger partial charge in [-0.1, -0.05) is 18.2 Å². The maximum absolute atomic E-state index is 13.1. The molecule has 2 unspecified atom stereocenters. The summed E-state index contributed by atoms with van der Waals surface area (Å²) in [6.45, 7) is -0.250. The Bertz CT molecular complexity index is 1360. The quantitative estimate of drug-likeness (QED) is 0.180. The molecular formula is C29H30F3N3O3S. The molecule has 1 aromatic heterocycles. The van der Waals surface area contributed by atoms with E-state index in [2.05, 4.69) is 11.9 Å². The number of carbonyl (C=O) groups excluding carboxylic acids is 1. The molecule has 0 radical (unpaired) electrons. The minimum atomic E-state index is -4.40. The molecule has 206 valence electrons. The summed E-state index contributed by atoms with van der Waals surface area (Å²) >= 11 is 1.36. The van der Waals surface area contributed by atoms with Gasteiger partial charge in [-0.25, -0.2) is 0 Å². The Kier molecular flexibility index (Phi) is 8.56. The van der Waals surface area contributed by atoms with Gasteiger partial charge in [-0.2, -0.15) is 13.2 Å². The highest BCUT2D eigenvalue weighted by atomic mass is 32.1. The maximum Gasteiger partial charge on any atom is 0.416 e. The van der Waals surface area contributed by atoms with Gasteiger partial charge in [0.15, 0.2) is 5.78 Å². The Labute approximate surface area is 228 Å². The normalized spacial score (nSPS) is 20.7. The fraction of sp³-hybridized carbons (Fsp3) is 0.345. The van der Waals surface area contributed by atoms with Crippen LogP contribution >= 0.6 is 11.3 Å². The lowest BCUT2D eigenvalue weighted by Gasteiger charge is -2.36. The van der Waals surface area contributed by atoms with E-state index < -0.39 is 11.7 Å². The summed E-state index contributed by atoms with van der Waals surface area (Å²) in [7, 11) is 2.16. The van der Waals surface area contributed by atoms with Gasteiger partial charge < -0.3 is 15.7 Å². The van der Waals surface area contributed by atoms with Crippen LogP contribution in [-0.4, -0.2) is 47.1 Å². The number of fused-ring (bicyclic) bond motifs is 2. The summed E-state index contributed by atoms with van der Waals surface area (Å²) < 4.78 is 39.4. The van der Waals surface area contributed by atoms with Gasteiger partial charge in [-0.3, -0.25) is 15.0 Å². The van der Waals surface area contributed by atoms with Crippen molar-refractivity contribution in [1.29, 1.82) is 5.41 Å². The zero-order valence-corrected chi connectivity index (χ0v) is 22.2. The third-order valence-corrected chi connectivity index (χ3v) is 8.82. The number of alkyl halides is 3. The summed E-state index contributed by atoms with van der Waals surface area (Å²) in [6.07, 6.45) is 0.317. The van der Waals surface area contributed by atoms with E-state index in [1.165, 1.54) is 30.2 Å². The zero-order chi connectivity index (χ0) is 28.3. The molecule has 0 amide bonds. The molecule has 2 aliphatic heterocycles. The number of carboxylic acid groups (broad SMARTS) is 1. The lowest BCUT2D eigenvalue weighted by Crippen LogP contribution is -2.40. The van der Waals surface area contributed by atoms with Crippen molar-refractivity contribution < 1.29 is 27.9 Å². The van der Waals surface area contributed by atoms with Crippen molar-refractivity contribution in [3.8, 4) is 20.9 Å². The number of hydrogen-bond donors (Lipinski definition) is 3. The van der Waals surface area contributed by atoms with Crippen LogP contribution in [0.4, 0.5) is 18.9 Å². The first-order valence-electron chi connectivity index (χ1n) is 12.6. The molecule has 2 aliphatic rings. The molecule has 2 bridgehead atoms. The summed E-state index contributed by atoms with van der Waals surface area (Å²) in [5, 5.41) is 15.5. The highest BCUT2D eigenvalue weighted by molar-refractivity contribution is 7.18. The molecule has 2 atom stereocenters. The molecule has 2 saturated heterocycles. The van der Waals surface area contributed by atoms with E-state index >= 15 is 0 Å². The lowest BCUT2D eigenvalue weighted by atomic mass is 9.85. The lowest BCUT2D eigenvalue weighted by molar-refractivity contribution is -0.137. The zero-order valence-electron chi connectivity index (χ0n) is 21.4. The van der Waals surface area contributed by atoms with Gasteiger partial charge in [0.05, 0.1) is 5.56 Å². The van der Waals surface area contributed by atoms with Crippen LogP contribution in [0.25, 0.3) is 20.9 Å². The molecule has 2 aromatic carbocycles. The van der Waals surface area contributed by atoms with Crippen LogP contribution in [-0.2, 0) is 15.8 Å². The number of piperidine rings is 1. The molecule has 6 nitrogen and oxygen atoms in total. The van der Waals surface area contributed by atoms with Gasteiger partial charge in [-0.05, 0) is 86.2 Å². The molecule has 3 heterocycles. The molecule has 10 heteroatoms. The molecule has 0 aliphatic carbocycles. The molecule has 5 rings (SSSR count). The van der Waals surface area contributed by atoms with Crippen LogP contribution in [0.15, 0.2) is 54.6 Å². The monoisotopic (exact) mass is 557 g/mol. The van der Waals surface area contributed by atoms with Crippen molar-refractivity contribution in [2.75, 3.05) is 12.8 Å². The van der Waals surface area contributed by atoms with E-state index in [4.69, 9.17) is 21.0 Å². The number of nitrogen functional groups attached to an aromatic ring is 1. The Morgan fingerprint density at radius 3 is 2.26 bits per heavy atom. The predicted octanol–water partition coefficient (Wildman–Crippen LogP) is 6.58. The number of Topliss-reactive ketones (excluding diaryl/α,β-unsaturated/α-hetero) is 1. The van der Waals surface area contributed by atoms with Crippen LogP contribution in [0.5, 0.6) is 0 Å². The van der Waals surface area contributed by atoms with Crippen molar-refractivity contribution in [3.63, 3.8) is 0 Å². The third kappa shape index (κ3) is 6.39. The molecule has 0 saturated carbocycles. The molecule has 2 fully saturated rings. The molecule has 0 spiro atoms. The van der Waals surface area contributed by atoms with Crippen molar-refractivity contribution in [1.82, 2.24) is 4.90 Å². The van der Waals surface area contributed by atoms with Crippen molar-refractivity contribution in [3.05, 3.63) is 65.7 Å². The number of nitrogens with one attached hydrogen (secondary N) is 1. The number of carbonyl (C=O) groups is 2. The Morgan fingerprint density at radius 2 is 1.67 bits per heavy atom. The largest absolute Gasteiger partial charge is 0.483 e. The highest BCUT2D eigenvalue weighted by Gasteiger charge is 2.39. The van der Waals surface area contributed by atoms with Crippen molar-refractivity contribution >= 4 is 35.0 Å². The number of thiophene rings is 1. The standard InChI is InChI=1S/C28H28F3N3OS.CH2O2/c1-34-20-6-7-21(34)12-16(11-20)13-24(35)27(33)22-15-18(5-8-23(22)32)26-10-9-25(36-26)17-3-2-4-19(14-17)28(29,30)31;2-1-3/h2-5,8-10,14-16,20-21,33H,6-7,11-13,32H2,1H3;1H,(H,2,3). The Morgan fingerprint density at radius 1 is 1.08 bits per heavy atom. The first kappa shape index (κ1) is 28.5. The number of hydrogen-bond acceptors (Lipinski definition) is 6. The fourth-order valence-electron chi connectivity index (χ4n) is 5.63.